The van der Waals surface area contributed by atoms with E-state index in [-0.39, 0.29) is 11.2 Å². The monoisotopic (exact) mass is 329 g/mol. The van der Waals surface area contributed by atoms with E-state index in [0.29, 0.717) is 16.7 Å². The van der Waals surface area contributed by atoms with Crippen molar-refractivity contribution in [2.75, 3.05) is 5.32 Å². The molecule has 4 heteroatoms. The number of amides is 1. The number of hydrogen-bond donors (Lipinski definition) is 1. The molecule has 1 N–H and O–H groups in total. The van der Waals surface area contributed by atoms with Gasteiger partial charge >= 0.3 is 0 Å². The highest BCUT2D eigenvalue weighted by Crippen LogP contribution is 2.24. The molecule has 1 aromatic heterocycles. The molecule has 0 bridgehead atoms. The van der Waals surface area contributed by atoms with E-state index in [0.717, 1.165) is 16.3 Å². The summed E-state index contributed by atoms with van der Waals surface area (Å²) in [4.78, 5) is 24.9. The lowest BCUT2D eigenvalue weighted by atomic mass is 10.1. The summed E-state index contributed by atoms with van der Waals surface area (Å²) in [5.41, 5.74) is 1.70. The molecule has 25 heavy (non-hydrogen) atoms. The summed E-state index contributed by atoms with van der Waals surface area (Å²) in [5, 5.41) is 5.27. The summed E-state index contributed by atoms with van der Waals surface area (Å²) in [6.07, 6.45) is 0. The third kappa shape index (κ3) is 2.68. The van der Waals surface area contributed by atoms with Gasteiger partial charge in [-0.15, -0.1) is 0 Å². The maximum absolute atomic E-state index is 12.6. The Hall–Kier alpha value is -3.40. The molecule has 0 spiro atoms. The Morgan fingerprint density at radius 1 is 0.920 bits per heavy atom. The van der Waals surface area contributed by atoms with E-state index in [1.54, 1.807) is 12.1 Å². The predicted molar refractivity (Wildman–Crippen MR) is 99.1 cm³/mol. The molecule has 3 aromatic carbocycles. The van der Waals surface area contributed by atoms with Crippen molar-refractivity contribution >= 4 is 33.3 Å². The fourth-order valence-electron chi connectivity index (χ4n) is 2.95. The van der Waals surface area contributed by atoms with Crippen molar-refractivity contribution in [1.82, 2.24) is 0 Å². The summed E-state index contributed by atoms with van der Waals surface area (Å²) in [6, 6.07) is 20.0. The van der Waals surface area contributed by atoms with Gasteiger partial charge in [0.05, 0.1) is 5.39 Å². The third-order valence-electron chi connectivity index (χ3n) is 4.21. The van der Waals surface area contributed by atoms with Gasteiger partial charge in [0.2, 0.25) is 0 Å². The molecule has 1 heterocycles. The quantitative estimate of drug-likeness (QED) is 0.589. The van der Waals surface area contributed by atoms with Crippen LogP contribution in [0.1, 0.15) is 16.1 Å². The Balaban J connectivity index is 1.78. The molecule has 0 atom stereocenters. The number of nitrogens with one attached hydrogen (secondary N) is 1. The van der Waals surface area contributed by atoms with Crippen molar-refractivity contribution in [2.45, 2.75) is 6.92 Å². The smallest absolute Gasteiger partial charge is 0.291 e. The first-order valence-corrected chi connectivity index (χ1v) is 7.96. The van der Waals surface area contributed by atoms with Gasteiger partial charge in [-0.2, -0.15) is 0 Å². The van der Waals surface area contributed by atoms with Crippen molar-refractivity contribution in [3.8, 4) is 0 Å². The van der Waals surface area contributed by atoms with Crippen LogP contribution in [0, 0.1) is 6.92 Å². The SMILES string of the molecule is Cc1cccc2c(=O)cc(C(=O)Nc3cccc4ccccc34)oc12. The molecule has 0 aliphatic heterocycles. The van der Waals surface area contributed by atoms with Gasteiger partial charge in [-0.1, -0.05) is 48.5 Å². The molecule has 0 saturated heterocycles. The fraction of sp³-hybridized carbons (Fsp3) is 0.0476. The van der Waals surface area contributed by atoms with Gasteiger partial charge in [0.25, 0.3) is 5.91 Å². The first-order valence-electron chi connectivity index (χ1n) is 7.96. The van der Waals surface area contributed by atoms with E-state index in [1.165, 1.54) is 6.07 Å². The van der Waals surface area contributed by atoms with Gasteiger partial charge in [0.15, 0.2) is 11.2 Å². The second-order valence-electron chi connectivity index (χ2n) is 5.91. The standard InChI is InChI=1S/C21H15NO3/c1-13-6-4-10-16-18(23)12-19(25-20(13)16)21(24)22-17-11-5-8-14-7-2-3-9-15(14)17/h2-12H,1H3,(H,22,24). The number of fused-ring (bicyclic) bond motifs is 2. The van der Waals surface area contributed by atoms with Crippen LogP contribution >= 0.6 is 0 Å². The first kappa shape index (κ1) is 15.1. The van der Waals surface area contributed by atoms with E-state index >= 15 is 0 Å². The average Bonchev–Trinajstić information content (AvgIpc) is 2.63. The minimum Gasteiger partial charge on any atom is -0.450 e. The van der Waals surface area contributed by atoms with Crippen molar-refractivity contribution < 1.29 is 9.21 Å². The summed E-state index contributed by atoms with van der Waals surface area (Å²) < 4.78 is 5.71. The molecule has 0 unspecified atom stereocenters. The zero-order valence-corrected chi connectivity index (χ0v) is 13.6. The van der Waals surface area contributed by atoms with Crippen molar-refractivity contribution in [3.63, 3.8) is 0 Å². The van der Waals surface area contributed by atoms with Crippen LogP contribution in [0.3, 0.4) is 0 Å². The number of benzene rings is 3. The van der Waals surface area contributed by atoms with E-state index in [2.05, 4.69) is 5.32 Å². The molecule has 0 aliphatic rings. The molecular weight excluding hydrogens is 314 g/mol. The van der Waals surface area contributed by atoms with E-state index in [1.807, 2.05) is 55.5 Å². The van der Waals surface area contributed by atoms with Crippen molar-refractivity contribution in [1.29, 1.82) is 0 Å². The van der Waals surface area contributed by atoms with Crippen LogP contribution in [0.5, 0.6) is 0 Å². The highest BCUT2D eigenvalue weighted by Gasteiger charge is 2.14. The second-order valence-corrected chi connectivity index (χ2v) is 5.91. The van der Waals surface area contributed by atoms with Crippen molar-refractivity contribution in [2.24, 2.45) is 0 Å². The van der Waals surface area contributed by atoms with Gasteiger partial charge in [-0.25, -0.2) is 0 Å². The predicted octanol–water partition coefficient (Wildman–Crippen LogP) is 4.51. The second kappa shape index (κ2) is 5.91. The van der Waals surface area contributed by atoms with Crippen LogP contribution in [-0.2, 0) is 0 Å². The maximum atomic E-state index is 12.6. The fourth-order valence-corrected chi connectivity index (χ4v) is 2.95. The zero-order chi connectivity index (χ0) is 17.4. The molecule has 4 nitrogen and oxygen atoms in total. The number of carbonyl (C=O) groups excluding carboxylic acids is 1. The highest BCUT2D eigenvalue weighted by atomic mass is 16.3. The van der Waals surface area contributed by atoms with Crippen LogP contribution < -0.4 is 10.7 Å². The highest BCUT2D eigenvalue weighted by molar-refractivity contribution is 6.08. The average molecular weight is 329 g/mol. The Labute approximate surface area is 143 Å². The molecule has 0 aliphatic carbocycles. The zero-order valence-electron chi connectivity index (χ0n) is 13.6. The third-order valence-corrected chi connectivity index (χ3v) is 4.21. The van der Waals surface area contributed by atoms with Crippen LogP contribution in [-0.4, -0.2) is 5.91 Å². The van der Waals surface area contributed by atoms with Crippen LogP contribution in [0.25, 0.3) is 21.7 Å². The molecule has 1 amide bonds. The minimum atomic E-state index is -0.446. The van der Waals surface area contributed by atoms with E-state index < -0.39 is 5.91 Å². The normalized spacial score (nSPS) is 10.9. The molecule has 4 rings (SSSR count). The molecule has 0 fully saturated rings. The number of rotatable bonds is 2. The van der Waals surface area contributed by atoms with Crippen molar-refractivity contribution in [3.05, 3.63) is 88.3 Å². The van der Waals surface area contributed by atoms with Gasteiger partial charge in [-0.05, 0) is 30.0 Å². The van der Waals surface area contributed by atoms with Gasteiger partial charge in [0.1, 0.15) is 5.58 Å². The number of aryl methyl sites for hydroxylation is 1. The summed E-state index contributed by atoms with van der Waals surface area (Å²) in [6.45, 7) is 1.84. The summed E-state index contributed by atoms with van der Waals surface area (Å²) in [7, 11) is 0. The van der Waals surface area contributed by atoms with Gasteiger partial charge in [0, 0.05) is 17.1 Å². The Morgan fingerprint density at radius 3 is 2.52 bits per heavy atom. The molecule has 122 valence electrons. The van der Waals surface area contributed by atoms with Gasteiger partial charge < -0.3 is 9.73 Å². The summed E-state index contributed by atoms with van der Waals surface area (Å²) in [5.74, 6) is -0.446. The van der Waals surface area contributed by atoms with E-state index in [4.69, 9.17) is 4.42 Å². The number of anilines is 1. The number of para-hydroxylation sites is 1. The van der Waals surface area contributed by atoms with E-state index in [9.17, 15) is 9.59 Å². The molecule has 0 radical (unpaired) electrons. The van der Waals surface area contributed by atoms with Crippen LogP contribution in [0.2, 0.25) is 0 Å². The number of hydrogen-bond acceptors (Lipinski definition) is 3. The Morgan fingerprint density at radius 2 is 1.64 bits per heavy atom. The Bertz CT molecular complexity index is 1170. The Kier molecular flexibility index (Phi) is 3.58. The minimum absolute atomic E-state index is 0.000246. The molecule has 4 aromatic rings. The lowest BCUT2D eigenvalue weighted by Gasteiger charge is -2.09. The molecular formula is C21H15NO3. The maximum Gasteiger partial charge on any atom is 0.291 e. The lowest BCUT2D eigenvalue weighted by Crippen LogP contribution is -2.15. The topological polar surface area (TPSA) is 59.3 Å². The molecule has 0 saturated carbocycles. The van der Waals surface area contributed by atoms with Crippen LogP contribution in [0.15, 0.2) is 75.9 Å². The summed E-state index contributed by atoms with van der Waals surface area (Å²) >= 11 is 0. The van der Waals surface area contributed by atoms with Gasteiger partial charge in [-0.3, -0.25) is 9.59 Å². The largest absolute Gasteiger partial charge is 0.450 e. The first-order chi connectivity index (χ1) is 12.1. The number of carbonyl (C=O) groups is 1. The van der Waals surface area contributed by atoms with Crippen LogP contribution in [0.4, 0.5) is 5.69 Å². The lowest BCUT2D eigenvalue weighted by molar-refractivity contribution is 0.0997.